The lowest BCUT2D eigenvalue weighted by atomic mass is 10.1. The number of nitrogens with zero attached hydrogens (tertiary/aromatic N) is 4. The number of carbonyl (C=O) groups excluding carboxylic acids is 2. The molecular formula is C24H21F3N6O2. The van der Waals surface area contributed by atoms with Crippen LogP contribution in [0.2, 0.25) is 0 Å². The number of hydrogen-bond donors (Lipinski definition) is 2. The Bertz CT molecular complexity index is 1410. The van der Waals surface area contributed by atoms with Gasteiger partial charge >= 0.3 is 6.18 Å². The number of pyridine rings is 1. The molecule has 0 saturated heterocycles. The normalized spacial score (nSPS) is 12.4. The summed E-state index contributed by atoms with van der Waals surface area (Å²) in [4.78, 5) is 37.0. The molecule has 8 nitrogen and oxygen atoms in total. The predicted molar refractivity (Wildman–Crippen MR) is 123 cm³/mol. The van der Waals surface area contributed by atoms with E-state index in [0.717, 1.165) is 29.5 Å². The first-order chi connectivity index (χ1) is 16.5. The Balaban J connectivity index is 1.63. The first kappa shape index (κ1) is 23.9. The maximum Gasteiger partial charge on any atom is 0.416 e. The number of rotatable bonds is 5. The third-order valence-corrected chi connectivity index (χ3v) is 5.32. The Morgan fingerprint density at radius 3 is 2.43 bits per heavy atom. The molecule has 0 radical (unpaired) electrons. The van der Waals surface area contributed by atoms with E-state index < -0.39 is 17.6 Å². The number of halogens is 3. The molecule has 0 saturated carbocycles. The molecule has 0 fully saturated rings. The summed E-state index contributed by atoms with van der Waals surface area (Å²) in [6.45, 7) is 5.10. The number of imidazole rings is 1. The minimum atomic E-state index is -4.54. The van der Waals surface area contributed by atoms with Crippen molar-refractivity contribution in [3.05, 3.63) is 77.6 Å². The number of anilines is 1. The molecule has 0 bridgehead atoms. The number of benzene rings is 1. The molecule has 1 atom stereocenters. The minimum absolute atomic E-state index is 0.188. The molecule has 3 heterocycles. The predicted octanol–water partition coefficient (Wildman–Crippen LogP) is 4.57. The van der Waals surface area contributed by atoms with Gasteiger partial charge in [-0.2, -0.15) is 13.2 Å². The molecular weight excluding hydrogens is 461 g/mol. The first-order valence-corrected chi connectivity index (χ1v) is 10.6. The number of hydrogen-bond acceptors (Lipinski definition) is 5. The molecule has 3 aromatic heterocycles. The molecule has 1 aromatic carbocycles. The largest absolute Gasteiger partial charge is 0.416 e. The number of fused-ring (bicyclic) bond motifs is 1. The van der Waals surface area contributed by atoms with Crippen LogP contribution in [0.3, 0.4) is 0 Å². The monoisotopic (exact) mass is 482 g/mol. The van der Waals surface area contributed by atoms with E-state index in [1.54, 1.807) is 36.7 Å². The number of amides is 2. The van der Waals surface area contributed by atoms with Gasteiger partial charge in [-0.1, -0.05) is 12.1 Å². The van der Waals surface area contributed by atoms with Gasteiger partial charge in [-0.3, -0.25) is 19.0 Å². The SMILES string of the molecule is CC(=O)NC(C)c1nc(-c2ccc(C(=O)Nc3cc(C(F)(F)F)ccn3)cc2)c2c(C)nccn12. The Morgan fingerprint density at radius 1 is 1.06 bits per heavy atom. The highest BCUT2D eigenvalue weighted by Gasteiger charge is 2.31. The van der Waals surface area contributed by atoms with Gasteiger partial charge in [0.25, 0.3) is 5.91 Å². The van der Waals surface area contributed by atoms with Crippen LogP contribution in [0.4, 0.5) is 19.0 Å². The minimum Gasteiger partial charge on any atom is -0.347 e. The van der Waals surface area contributed by atoms with Crippen LogP contribution in [0, 0.1) is 6.92 Å². The second-order valence-electron chi connectivity index (χ2n) is 7.93. The smallest absolute Gasteiger partial charge is 0.347 e. The summed E-state index contributed by atoms with van der Waals surface area (Å²) in [5, 5.41) is 5.21. The van der Waals surface area contributed by atoms with E-state index >= 15 is 0 Å². The summed E-state index contributed by atoms with van der Waals surface area (Å²) in [5.74, 6) is -0.372. The highest BCUT2D eigenvalue weighted by molar-refractivity contribution is 6.04. The van der Waals surface area contributed by atoms with Crippen LogP contribution >= 0.6 is 0 Å². The van der Waals surface area contributed by atoms with E-state index in [-0.39, 0.29) is 23.3 Å². The van der Waals surface area contributed by atoms with Crippen molar-refractivity contribution >= 4 is 23.1 Å². The van der Waals surface area contributed by atoms with Crippen molar-refractivity contribution in [2.45, 2.75) is 33.0 Å². The average molecular weight is 482 g/mol. The zero-order valence-corrected chi connectivity index (χ0v) is 19.0. The van der Waals surface area contributed by atoms with Gasteiger partial charge < -0.3 is 10.6 Å². The van der Waals surface area contributed by atoms with Gasteiger partial charge in [0.2, 0.25) is 5.91 Å². The van der Waals surface area contributed by atoms with E-state index in [0.29, 0.717) is 17.1 Å². The summed E-state index contributed by atoms with van der Waals surface area (Å²) in [6.07, 6.45) is -0.147. The Labute approximate surface area is 198 Å². The fraction of sp³-hybridized carbons (Fsp3) is 0.208. The molecule has 4 aromatic rings. The van der Waals surface area contributed by atoms with Crippen LogP contribution in [0.1, 0.15) is 47.3 Å². The fourth-order valence-corrected chi connectivity index (χ4v) is 3.74. The number of alkyl halides is 3. The van der Waals surface area contributed by atoms with E-state index in [9.17, 15) is 22.8 Å². The summed E-state index contributed by atoms with van der Waals surface area (Å²) < 4.78 is 40.6. The molecule has 0 spiro atoms. The highest BCUT2D eigenvalue weighted by Crippen LogP contribution is 2.31. The number of aryl methyl sites for hydroxylation is 1. The van der Waals surface area contributed by atoms with E-state index in [2.05, 4.69) is 20.6 Å². The van der Waals surface area contributed by atoms with Crippen LogP contribution in [0.25, 0.3) is 16.8 Å². The lowest BCUT2D eigenvalue weighted by molar-refractivity contribution is -0.137. The van der Waals surface area contributed by atoms with Crippen molar-refractivity contribution in [2.75, 3.05) is 5.32 Å². The maximum absolute atomic E-state index is 12.9. The zero-order chi connectivity index (χ0) is 25.3. The lowest BCUT2D eigenvalue weighted by Crippen LogP contribution is -2.25. The zero-order valence-electron chi connectivity index (χ0n) is 19.0. The van der Waals surface area contributed by atoms with Crippen LogP contribution < -0.4 is 10.6 Å². The standard InChI is InChI=1S/C24H21F3N6O2/c1-13-21-20(32-22(14(2)30-15(3)34)33(21)11-10-28-13)16-4-6-17(7-5-16)23(35)31-19-12-18(8-9-29-19)24(25,26)27/h4-12,14H,1-3H3,(H,30,34)(H,29,31,35). The van der Waals surface area contributed by atoms with Crippen molar-refractivity contribution in [3.63, 3.8) is 0 Å². The molecule has 0 aliphatic carbocycles. The van der Waals surface area contributed by atoms with Gasteiger partial charge in [-0.05, 0) is 38.1 Å². The lowest BCUT2D eigenvalue weighted by Gasteiger charge is -2.11. The second-order valence-corrected chi connectivity index (χ2v) is 7.93. The highest BCUT2D eigenvalue weighted by atomic mass is 19.4. The van der Waals surface area contributed by atoms with E-state index in [1.165, 1.54) is 6.92 Å². The third-order valence-electron chi connectivity index (χ3n) is 5.32. The molecule has 4 rings (SSSR count). The Morgan fingerprint density at radius 2 is 1.77 bits per heavy atom. The molecule has 11 heteroatoms. The summed E-state index contributed by atoms with van der Waals surface area (Å²) in [6, 6.07) is 7.72. The number of carbonyl (C=O) groups is 2. The van der Waals surface area contributed by atoms with Crippen LogP contribution in [-0.2, 0) is 11.0 Å². The van der Waals surface area contributed by atoms with Crippen molar-refractivity contribution < 1.29 is 22.8 Å². The van der Waals surface area contributed by atoms with Crippen molar-refractivity contribution in [1.29, 1.82) is 0 Å². The molecule has 0 aliphatic heterocycles. The van der Waals surface area contributed by atoms with Crippen LogP contribution in [0.15, 0.2) is 55.0 Å². The summed E-state index contributed by atoms with van der Waals surface area (Å²) in [7, 11) is 0. The summed E-state index contributed by atoms with van der Waals surface area (Å²) in [5.41, 5.74) is 2.14. The van der Waals surface area contributed by atoms with E-state index in [1.807, 2.05) is 18.2 Å². The molecule has 35 heavy (non-hydrogen) atoms. The Kier molecular flexibility index (Phi) is 6.25. The molecule has 2 N–H and O–H groups in total. The van der Waals surface area contributed by atoms with Gasteiger partial charge in [-0.15, -0.1) is 0 Å². The number of aromatic nitrogens is 4. The van der Waals surface area contributed by atoms with Crippen LogP contribution in [0.5, 0.6) is 0 Å². The van der Waals surface area contributed by atoms with Gasteiger partial charge in [-0.25, -0.2) is 9.97 Å². The van der Waals surface area contributed by atoms with Gasteiger partial charge in [0.1, 0.15) is 11.6 Å². The molecule has 0 aliphatic rings. The van der Waals surface area contributed by atoms with Crippen LogP contribution in [-0.4, -0.2) is 31.2 Å². The molecule has 1 unspecified atom stereocenters. The topological polar surface area (TPSA) is 101 Å². The van der Waals surface area contributed by atoms with Gasteiger partial charge in [0.05, 0.1) is 28.5 Å². The Hall–Kier alpha value is -4.28. The second kappa shape index (κ2) is 9.16. The fourth-order valence-electron chi connectivity index (χ4n) is 3.74. The quantitative estimate of drug-likeness (QED) is 0.434. The summed E-state index contributed by atoms with van der Waals surface area (Å²) >= 11 is 0. The van der Waals surface area contributed by atoms with Crippen molar-refractivity contribution in [1.82, 2.24) is 24.7 Å². The molecule has 180 valence electrons. The van der Waals surface area contributed by atoms with Crippen molar-refractivity contribution in [2.24, 2.45) is 0 Å². The first-order valence-electron chi connectivity index (χ1n) is 10.6. The van der Waals surface area contributed by atoms with E-state index in [4.69, 9.17) is 4.98 Å². The third kappa shape index (κ3) is 4.98. The average Bonchev–Trinajstić information content (AvgIpc) is 3.19. The van der Waals surface area contributed by atoms with Gasteiger partial charge in [0, 0.05) is 36.6 Å². The maximum atomic E-state index is 12.9. The number of nitrogens with one attached hydrogen (secondary N) is 2. The van der Waals surface area contributed by atoms with Crippen molar-refractivity contribution in [3.8, 4) is 11.3 Å². The molecule has 2 amide bonds. The van der Waals surface area contributed by atoms with Gasteiger partial charge in [0.15, 0.2) is 0 Å².